The number of benzene rings is 1. The molecule has 0 aromatic heterocycles. The molecule has 5 nitrogen and oxygen atoms in total. The fraction of sp³-hybridized carbons (Fsp3) is 0.414. The van der Waals surface area contributed by atoms with Gasteiger partial charge in [0.2, 0.25) is 0 Å². The van der Waals surface area contributed by atoms with Crippen LogP contribution in [0.3, 0.4) is 0 Å². The quantitative estimate of drug-likeness (QED) is 0.573. The fourth-order valence-corrected chi connectivity index (χ4v) is 6.39. The molecule has 6 rings (SSSR count). The molecule has 0 spiro atoms. The summed E-state index contributed by atoms with van der Waals surface area (Å²) in [4.78, 5) is 12.7. The van der Waals surface area contributed by atoms with Crippen molar-refractivity contribution in [3.8, 4) is 0 Å². The van der Waals surface area contributed by atoms with Gasteiger partial charge in [0.05, 0.1) is 18.2 Å². The van der Waals surface area contributed by atoms with Crippen LogP contribution in [0.25, 0.3) is 0 Å². The highest BCUT2D eigenvalue weighted by Crippen LogP contribution is 2.55. The molecule has 2 N–H and O–H groups in total. The summed E-state index contributed by atoms with van der Waals surface area (Å²) in [7, 11) is 0. The van der Waals surface area contributed by atoms with Crippen molar-refractivity contribution in [2.75, 3.05) is 6.61 Å². The Morgan fingerprint density at radius 1 is 1.21 bits per heavy atom. The minimum absolute atomic E-state index is 0.0987. The van der Waals surface area contributed by atoms with Crippen LogP contribution in [0.4, 0.5) is 0 Å². The number of esters is 1. The van der Waals surface area contributed by atoms with Crippen molar-refractivity contribution < 1.29 is 14.3 Å². The minimum Gasteiger partial charge on any atom is -0.489 e. The molecule has 1 aliphatic heterocycles. The van der Waals surface area contributed by atoms with Crippen LogP contribution in [0.15, 0.2) is 87.5 Å². The third-order valence-electron chi connectivity index (χ3n) is 8.06. The average Bonchev–Trinajstić information content (AvgIpc) is 3.43. The summed E-state index contributed by atoms with van der Waals surface area (Å²) in [6.07, 6.45) is 10.6. The number of fused-ring (bicyclic) bond motifs is 4. The molecule has 34 heavy (non-hydrogen) atoms. The second-order valence-electron chi connectivity index (χ2n) is 10.1. The Hall–Kier alpha value is -3.21. The topological polar surface area (TPSA) is 59.6 Å². The van der Waals surface area contributed by atoms with Gasteiger partial charge in [-0.2, -0.15) is 0 Å². The van der Waals surface area contributed by atoms with Gasteiger partial charge >= 0.3 is 5.97 Å². The maximum Gasteiger partial charge on any atom is 0.313 e. The summed E-state index contributed by atoms with van der Waals surface area (Å²) in [5.41, 5.74) is 16.8. The van der Waals surface area contributed by atoms with E-state index in [0.29, 0.717) is 13.2 Å². The number of carbonyl (C=O) groups is 1. The Kier molecular flexibility index (Phi) is 5.16. The summed E-state index contributed by atoms with van der Waals surface area (Å²) >= 11 is 0. The molecule has 0 saturated carbocycles. The van der Waals surface area contributed by atoms with Crippen LogP contribution in [-0.4, -0.2) is 12.6 Å². The van der Waals surface area contributed by atoms with E-state index in [1.54, 1.807) is 0 Å². The van der Waals surface area contributed by atoms with E-state index in [9.17, 15) is 4.79 Å². The van der Waals surface area contributed by atoms with Gasteiger partial charge in [0.25, 0.3) is 0 Å². The molecule has 5 aliphatic rings. The number of ether oxygens (including phenoxy) is 2. The maximum atomic E-state index is 12.7. The van der Waals surface area contributed by atoms with Crippen LogP contribution >= 0.6 is 0 Å². The highest BCUT2D eigenvalue weighted by molar-refractivity contribution is 5.81. The number of rotatable bonds is 5. The number of carbonyl (C=O) groups excluding carboxylic acids is 1. The lowest BCUT2D eigenvalue weighted by molar-refractivity contribution is -0.146. The highest BCUT2D eigenvalue weighted by atomic mass is 16.5. The van der Waals surface area contributed by atoms with Crippen LogP contribution in [0.2, 0.25) is 0 Å². The largest absolute Gasteiger partial charge is 0.489 e. The molecule has 0 bridgehead atoms. The third-order valence-corrected chi connectivity index (χ3v) is 8.06. The molecule has 0 fully saturated rings. The summed E-state index contributed by atoms with van der Waals surface area (Å²) in [5, 5.41) is 0. The summed E-state index contributed by atoms with van der Waals surface area (Å²) in [5.74, 6) is 0.716. The number of hydrazine groups is 1. The SMILES string of the molecule is CCOC(=O)C1CCC2=C1C1=C(C2)C2=C(NN1)C1(C)CCCC=C1C(OCc1ccccc1)=C2. The number of hydrogen-bond donors (Lipinski definition) is 2. The molecule has 1 aromatic rings. The van der Waals surface area contributed by atoms with E-state index in [4.69, 9.17) is 9.47 Å². The van der Waals surface area contributed by atoms with E-state index in [-0.39, 0.29) is 17.3 Å². The van der Waals surface area contributed by atoms with Gasteiger partial charge in [0.1, 0.15) is 12.4 Å². The first-order valence-corrected chi connectivity index (χ1v) is 12.6. The predicted octanol–water partition coefficient (Wildman–Crippen LogP) is 5.51. The molecule has 5 heteroatoms. The monoisotopic (exact) mass is 456 g/mol. The molecule has 1 aromatic carbocycles. The van der Waals surface area contributed by atoms with Crippen LogP contribution < -0.4 is 10.9 Å². The second kappa shape index (κ2) is 8.23. The smallest absolute Gasteiger partial charge is 0.313 e. The maximum absolute atomic E-state index is 12.7. The van der Waals surface area contributed by atoms with Crippen molar-refractivity contribution >= 4 is 5.97 Å². The molecule has 1 heterocycles. The fourth-order valence-electron chi connectivity index (χ4n) is 6.39. The Morgan fingerprint density at radius 2 is 2.06 bits per heavy atom. The minimum atomic E-state index is -0.166. The van der Waals surface area contributed by atoms with Crippen molar-refractivity contribution in [2.45, 2.75) is 59.0 Å². The zero-order valence-electron chi connectivity index (χ0n) is 20.0. The lowest BCUT2D eigenvalue weighted by Crippen LogP contribution is -2.45. The van der Waals surface area contributed by atoms with Gasteiger partial charge in [0.15, 0.2) is 0 Å². The average molecular weight is 457 g/mol. The molecule has 2 unspecified atom stereocenters. The van der Waals surface area contributed by atoms with Crippen molar-refractivity contribution in [2.24, 2.45) is 11.3 Å². The Morgan fingerprint density at radius 3 is 2.88 bits per heavy atom. The molecule has 0 saturated heterocycles. The molecule has 0 amide bonds. The van der Waals surface area contributed by atoms with Crippen LogP contribution in [0.5, 0.6) is 0 Å². The first-order valence-electron chi connectivity index (χ1n) is 12.6. The van der Waals surface area contributed by atoms with E-state index in [2.05, 4.69) is 54.2 Å². The lowest BCUT2D eigenvalue weighted by Gasteiger charge is -2.44. The Labute approximate surface area is 201 Å². The van der Waals surface area contributed by atoms with Gasteiger partial charge < -0.3 is 20.3 Å². The van der Waals surface area contributed by atoms with Gasteiger partial charge in [-0.15, -0.1) is 0 Å². The molecule has 0 radical (unpaired) electrons. The van der Waals surface area contributed by atoms with Gasteiger partial charge in [0, 0.05) is 22.3 Å². The molecule has 2 atom stereocenters. The Balaban J connectivity index is 1.38. The number of allylic oxidation sites excluding steroid dienone is 8. The standard InChI is InChI=1S/C29H32N2O3/c1-3-33-28(32)20-13-12-19-15-21-22-16-24(34-17-18-9-5-4-6-10-18)23-11-7-8-14-29(23,2)27(22)31-30-26(21)25(19)20/h4-6,9-11,16,20,30-31H,3,7-8,12-15,17H2,1-2H3. The van der Waals surface area contributed by atoms with Gasteiger partial charge in [-0.1, -0.05) is 42.0 Å². The van der Waals surface area contributed by atoms with Crippen molar-refractivity contribution in [3.05, 3.63) is 93.1 Å². The molecule has 176 valence electrons. The predicted molar refractivity (Wildman–Crippen MR) is 131 cm³/mol. The first kappa shape index (κ1) is 21.3. The van der Waals surface area contributed by atoms with Gasteiger partial charge in [-0.25, -0.2) is 0 Å². The summed E-state index contributed by atoms with van der Waals surface area (Å²) < 4.78 is 11.9. The van der Waals surface area contributed by atoms with Crippen LogP contribution in [0, 0.1) is 11.3 Å². The van der Waals surface area contributed by atoms with Gasteiger partial charge in [-0.3, -0.25) is 4.79 Å². The Bertz CT molecular complexity index is 1200. The van der Waals surface area contributed by atoms with Gasteiger partial charge in [-0.05, 0) is 75.2 Å². The first-order chi connectivity index (χ1) is 16.6. The van der Waals surface area contributed by atoms with E-state index >= 15 is 0 Å². The summed E-state index contributed by atoms with van der Waals surface area (Å²) in [6.45, 7) is 5.19. The highest BCUT2D eigenvalue weighted by Gasteiger charge is 2.47. The van der Waals surface area contributed by atoms with E-state index in [1.807, 2.05) is 13.0 Å². The van der Waals surface area contributed by atoms with E-state index < -0.39 is 0 Å². The summed E-state index contributed by atoms with van der Waals surface area (Å²) in [6, 6.07) is 10.4. The normalized spacial score (nSPS) is 27.1. The molecule has 4 aliphatic carbocycles. The van der Waals surface area contributed by atoms with Crippen molar-refractivity contribution in [1.82, 2.24) is 10.9 Å². The number of nitrogens with one attached hydrogen (secondary N) is 2. The molecular weight excluding hydrogens is 424 g/mol. The van der Waals surface area contributed by atoms with Crippen LogP contribution in [0.1, 0.15) is 57.9 Å². The zero-order chi connectivity index (χ0) is 23.3. The van der Waals surface area contributed by atoms with Crippen molar-refractivity contribution in [3.63, 3.8) is 0 Å². The van der Waals surface area contributed by atoms with E-state index in [1.165, 1.54) is 33.6 Å². The molecular formula is C29H32N2O3. The van der Waals surface area contributed by atoms with Crippen LogP contribution in [-0.2, 0) is 20.9 Å². The zero-order valence-corrected chi connectivity index (χ0v) is 20.0. The van der Waals surface area contributed by atoms with E-state index in [0.717, 1.165) is 55.6 Å². The lowest BCUT2D eigenvalue weighted by atomic mass is 9.66. The number of hydrogen-bond acceptors (Lipinski definition) is 5. The third kappa shape index (κ3) is 3.24. The second-order valence-corrected chi connectivity index (χ2v) is 10.1. The van der Waals surface area contributed by atoms with Crippen molar-refractivity contribution in [1.29, 1.82) is 0 Å².